The molecule has 1 aliphatic rings. The summed E-state index contributed by atoms with van der Waals surface area (Å²) in [4.78, 5) is 13.6. The minimum Gasteiger partial charge on any atom is -0.393 e. The lowest BCUT2D eigenvalue weighted by Gasteiger charge is -2.34. The van der Waals surface area contributed by atoms with E-state index in [4.69, 9.17) is 0 Å². The molecule has 1 aliphatic heterocycles. The Morgan fingerprint density at radius 1 is 1.41 bits per heavy atom. The number of urea groups is 1. The zero-order chi connectivity index (χ0) is 16.3. The van der Waals surface area contributed by atoms with Gasteiger partial charge in [0.05, 0.1) is 17.4 Å². The Bertz CT molecular complexity index is 532. The normalized spacial score (nSPS) is 20.6. The number of aliphatic hydroxyl groups excluding tert-OH is 1. The predicted octanol–water partition coefficient (Wildman–Crippen LogP) is 3.33. The molecule has 2 N–H and O–H groups in total. The Kier molecular flexibility index (Phi) is 4.95. The first-order valence-electron chi connectivity index (χ1n) is 7.19. The second-order valence-electron chi connectivity index (χ2n) is 5.56. The Morgan fingerprint density at radius 2 is 2.09 bits per heavy atom. The van der Waals surface area contributed by atoms with Crippen LogP contribution in [0.5, 0.6) is 0 Å². The molecule has 7 heteroatoms. The maximum absolute atomic E-state index is 12.9. The Hall–Kier alpha value is -1.76. The number of nitrogens with zero attached hydrogens (tertiary/aromatic N) is 1. The Balaban J connectivity index is 2.09. The van der Waals surface area contributed by atoms with Crippen molar-refractivity contribution in [3.63, 3.8) is 0 Å². The van der Waals surface area contributed by atoms with E-state index in [-0.39, 0.29) is 11.6 Å². The van der Waals surface area contributed by atoms with Gasteiger partial charge in [-0.1, -0.05) is 12.1 Å². The molecular formula is C15H19F3N2O2. The largest absolute Gasteiger partial charge is 0.418 e. The third-order valence-corrected chi connectivity index (χ3v) is 3.90. The lowest BCUT2D eigenvalue weighted by Crippen LogP contribution is -2.45. The maximum Gasteiger partial charge on any atom is 0.418 e. The topological polar surface area (TPSA) is 52.6 Å². The SMILES string of the molecule is CC(O)C1CCCN(C(=O)Nc2ccccc2C(F)(F)F)C1. The Morgan fingerprint density at radius 3 is 2.73 bits per heavy atom. The van der Waals surface area contributed by atoms with Gasteiger partial charge in [0, 0.05) is 19.0 Å². The smallest absolute Gasteiger partial charge is 0.393 e. The molecule has 1 saturated heterocycles. The van der Waals surface area contributed by atoms with Crippen molar-refractivity contribution < 1.29 is 23.1 Å². The van der Waals surface area contributed by atoms with Crippen LogP contribution in [-0.4, -0.2) is 35.2 Å². The van der Waals surface area contributed by atoms with Gasteiger partial charge in [-0.2, -0.15) is 13.2 Å². The molecular weight excluding hydrogens is 297 g/mol. The lowest BCUT2D eigenvalue weighted by atomic mass is 9.94. The number of anilines is 1. The number of benzene rings is 1. The molecule has 1 fully saturated rings. The molecule has 2 rings (SSSR count). The molecule has 4 nitrogen and oxygen atoms in total. The number of carbonyl (C=O) groups excluding carboxylic acids is 1. The van der Waals surface area contributed by atoms with Crippen LogP contribution in [0.1, 0.15) is 25.3 Å². The van der Waals surface area contributed by atoms with Crippen LogP contribution < -0.4 is 5.32 Å². The molecule has 1 aromatic carbocycles. The van der Waals surface area contributed by atoms with E-state index in [1.807, 2.05) is 0 Å². The van der Waals surface area contributed by atoms with Gasteiger partial charge >= 0.3 is 12.2 Å². The maximum atomic E-state index is 12.9. The van der Waals surface area contributed by atoms with Crippen LogP contribution in [0.15, 0.2) is 24.3 Å². The molecule has 2 amide bonds. The second kappa shape index (κ2) is 6.56. The van der Waals surface area contributed by atoms with Crippen molar-refractivity contribution >= 4 is 11.7 Å². The van der Waals surface area contributed by atoms with Crippen molar-refractivity contribution in [1.29, 1.82) is 0 Å². The highest BCUT2D eigenvalue weighted by atomic mass is 19.4. The van der Waals surface area contributed by atoms with Crippen molar-refractivity contribution in [3.05, 3.63) is 29.8 Å². The highest BCUT2D eigenvalue weighted by Gasteiger charge is 2.34. The number of aliphatic hydroxyl groups is 1. The first-order valence-corrected chi connectivity index (χ1v) is 7.19. The molecule has 0 aliphatic carbocycles. The number of hydrogen-bond donors (Lipinski definition) is 2. The zero-order valence-electron chi connectivity index (χ0n) is 12.2. The minimum atomic E-state index is -4.52. The molecule has 0 bridgehead atoms. The standard InChI is InChI=1S/C15H19F3N2O2/c1-10(21)11-5-4-8-20(9-11)14(22)19-13-7-3-2-6-12(13)15(16,17)18/h2-3,6-7,10-11,21H,4-5,8-9H2,1H3,(H,19,22). The summed E-state index contributed by atoms with van der Waals surface area (Å²) in [6, 6.07) is 4.33. The summed E-state index contributed by atoms with van der Waals surface area (Å²) in [7, 11) is 0. The minimum absolute atomic E-state index is 0.0441. The molecule has 2 unspecified atom stereocenters. The third-order valence-electron chi connectivity index (χ3n) is 3.90. The van der Waals surface area contributed by atoms with Crippen molar-refractivity contribution in [2.24, 2.45) is 5.92 Å². The quantitative estimate of drug-likeness (QED) is 0.879. The summed E-state index contributed by atoms with van der Waals surface area (Å²) >= 11 is 0. The van der Waals surface area contributed by atoms with Crippen LogP contribution in [0.3, 0.4) is 0 Å². The first kappa shape index (κ1) is 16.6. The van der Waals surface area contributed by atoms with Crippen LogP contribution in [0.25, 0.3) is 0 Å². The van der Waals surface area contributed by atoms with Crippen molar-refractivity contribution in [2.45, 2.75) is 32.0 Å². The van der Waals surface area contributed by atoms with Gasteiger partial charge in [-0.05, 0) is 31.9 Å². The van der Waals surface area contributed by atoms with Gasteiger partial charge in [0.2, 0.25) is 0 Å². The molecule has 0 radical (unpaired) electrons. The molecule has 0 aromatic heterocycles. The fraction of sp³-hybridized carbons (Fsp3) is 0.533. The molecule has 122 valence electrons. The number of rotatable bonds is 2. The fourth-order valence-electron chi connectivity index (χ4n) is 2.62. The van der Waals surface area contributed by atoms with Crippen molar-refractivity contribution in [2.75, 3.05) is 18.4 Å². The van der Waals surface area contributed by atoms with E-state index in [9.17, 15) is 23.1 Å². The number of nitrogens with one attached hydrogen (secondary N) is 1. The van der Waals surface area contributed by atoms with E-state index in [1.54, 1.807) is 6.92 Å². The van der Waals surface area contributed by atoms with Crippen LogP contribution in [-0.2, 0) is 6.18 Å². The van der Waals surface area contributed by atoms with Gasteiger partial charge in [-0.25, -0.2) is 4.79 Å². The number of amides is 2. The van der Waals surface area contributed by atoms with E-state index in [0.717, 1.165) is 18.9 Å². The summed E-state index contributed by atoms with van der Waals surface area (Å²) in [5, 5.41) is 11.9. The van der Waals surface area contributed by atoms with E-state index < -0.39 is 23.9 Å². The van der Waals surface area contributed by atoms with Gasteiger partial charge in [0.15, 0.2) is 0 Å². The fourth-order valence-corrected chi connectivity index (χ4v) is 2.62. The number of carbonyl (C=O) groups is 1. The second-order valence-corrected chi connectivity index (χ2v) is 5.56. The highest BCUT2D eigenvalue weighted by molar-refractivity contribution is 5.90. The monoisotopic (exact) mass is 316 g/mol. The number of para-hydroxylation sites is 1. The molecule has 2 atom stereocenters. The summed E-state index contributed by atoms with van der Waals surface area (Å²) in [5.74, 6) is -0.0441. The summed E-state index contributed by atoms with van der Waals surface area (Å²) in [6.45, 7) is 2.48. The van der Waals surface area contributed by atoms with Gasteiger partial charge in [0.1, 0.15) is 0 Å². The average Bonchev–Trinajstić information content (AvgIpc) is 2.46. The van der Waals surface area contributed by atoms with Gasteiger partial charge in [0.25, 0.3) is 0 Å². The average molecular weight is 316 g/mol. The molecule has 22 heavy (non-hydrogen) atoms. The predicted molar refractivity (Wildman–Crippen MR) is 76.4 cm³/mol. The highest BCUT2D eigenvalue weighted by Crippen LogP contribution is 2.34. The van der Waals surface area contributed by atoms with Crippen LogP contribution in [0.4, 0.5) is 23.7 Å². The number of alkyl halides is 3. The number of halogens is 3. The van der Waals surface area contributed by atoms with Crippen molar-refractivity contribution in [1.82, 2.24) is 4.90 Å². The van der Waals surface area contributed by atoms with E-state index in [1.165, 1.54) is 23.1 Å². The van der Waals surface area contributed by atoms with E-state index >= 15 is 0 Å². The Labute approximate surface area is 126 Å². The van der Waals surface area contributed by atoms with Crippen LogP contribution >= 0.6 is 0 Å². The lowest BCUT2D eigenvalue weighted by molar-refractivity contribution is -0.136. The number of piperidine rings is 1. The third kappa shape index (κ3) is 3.91. The van der Waals surface area contributed by atoms with E-state index in [2.05, 4.69) is 5.32 Å². The number of likely N-dealkylation sites (tertiary alicyclic amines) is 1. The zero-order valence-corrected chi connectivity index (χ0v) is 12.2. The van der Waals surface area contributed by atoms with Crippen molar-refractivity contribution in [3.8, 4) is 0 Å². The summed E-state index contributed by atoms with van der Waals surface area (Å²) < 4.78 is 38.7. The molecule has 0 spiro atoms. The van der Waals surface area contributed by atoms with E-state index in [0.29, 0.717) is 13.1 Å². The van der Waals surface area contributed by atoms with Crippen LogP contribution in [0, 0.1) is 5.92 Å². The van der Waals surface area contributed by atoms with Crippen LogP contribution in [0.2, 0.25) is 0 Å². The molecule has 1 aromatic rings. The van der Waals surface area contributed by atoms with Gasteiger partial charge in [-0.3, -0.25) is 0 Å². The first-order chi connectivity index (χ1) is 10.3. The summed E-state index contributed by atoms with van der Waals surface area (Å²) in [6.07, 6.45) is -3.53. The van der Waals surface area contributed by atoms with Gasteiger partial charge in [-0.15, -0.1) is 0 Å². The summed E-state index contributed by atoms with van der Waals surface area (Å²) in [5.41, 5.74) is -1.12. The number of hydrogen-bond acceptors (Lipinski definition) is 2. The van der Waals surface area contributed by atoms with Gasteiger partial charge < -0.3 is 15.3 Å². The molecule has 1 heterocycles. The molecule has 0 saturated carbocycles.